The van der Waals surface area contributed by atoms with Crippen LogP contribution in [0, 0.1) is 0 Å². The maximum Gasteiger partial charge on any atom is 0.228 e. The number of nitrogens with zero attached hydrogens (tertiary/aromatic N) is 4. The summed E-state index contributed by atoms with van der Waals surface area (Å²) in [7, 11) is 0. The van der Waals surface area contributed by atoms with Gasteiger partial charge in [-0.2, -0.15) is 4.98 Å². The van der Waals surface area contributed by atoms with Gasteiger partial charge >= 0.3 is 0 Å². The Labute approximate surface area is 174 Å². The number of guanidine groups is 1. The minimum Gasteiger partial charge on any atom is -0.391 e. The molecule has 0 amide bonds. The second-order valence-electron chi connectivity index (χ2n) is 5.90. The lowest BCUT2D eigenvalue weighted by Gasteiger charge is -2.20. The average molecular weight is 492 g/mol. The standard InChI is InChI=1S/C17H22ClN5O2.HI/c1-2-19-17(23-9-7-14(24)11-23)20-8-6-15-21-16(22-25-15)12-4-3-5-13(18)10-12;/h3-5,10,14,24H,2,6-9,11H2,1H3,(H,19,20);1H/t14-;/m1./s1. The van der Waals surface area contributed by atoms with Gasteiger partial charge in [0.1, 0.15) is 0 Å². The zero-order chi connectivity index (χ0) is 17.6. The number of aliphatic hydroxyl groups is 1. The van der Waals surface area contributed by atoms with Gasteiger partial charge in [0.15, 0.2) is 5.96 Å². The Bertz CT molecular complexity index is 739. The van der Waals surface area contributed by atoms with Gasteiger partial charge < -0.3 is 19.8 Å². The Kier molecular flexibility index (Phi) is 8.11. The lowest BCUT2D eigenvalue weighted by atomic mass is 10.2. The van der Waals surface area contributed by atoms with Crippen LogP contribution in [0.25, 0.3) is 11.4 Å². The molecule has 0 bridgehead atoms. The van der Waals surface area contributed by atoms with Crippen molar-refractivity contribution >= 4 is 41.5 Å². The summed E-state index contributed by atoms with van der Waals surface area (Å²) >= 11 is 5.99. The summed E-state index contributed by atoms with van der Waals surface area (Å²) < 4.78 is 5.30. The predicted molar refractivity (Wildman–Crippen MR) is 112 cm³/mol. The van der Waals surface area contributed by atoms with Gasteiger partial charge in [-0.25, -0.2) is 0 Å². The zero-order valence-electron chi connectivity index (χ0n) is 14.6. The number of rotatable bonds is 5. The minimum absolute atomic E-state index is 0. The minimum atomic E-state index is -0.278. The molecule has 2 N–H and O–H groups in total. The second kappa shape index (κ2) is 10.1. The molecule has 9 heteroatoms. The normalized spacial score (nSPS) is 17.3. The molecule has 1 fully saturated rings. The molecule has 1 aromatic carbocycles. The summed E-state index contributed by atoms with van der Waals surface area (Å²) in [5, 5.41) is 17.6. The van der Waals surface area contributed by atoms with Crippen molar-refractivity contribution in [3.05, 3.63) is 35.2 Å². The molecule has 1 aromatic heterocycles. The molecule has 1 atom stereocenters. The monoisotopic (exact) mass is 491 g/mol. The van der Waals surface area contributed by atoms with Gasteiger partial charge in [0.2, 0.25) is 11.7 Å². The van der Waals surface area contributed by atoms with E-state index >= 15 is 0 Å². The molecule has 142 valence electrons. The maximum absolute atomic E-state index is 9.68. The van der Waals surface area contributed by atoms with Crippen molar-refractivity contribution in [3.63, 3.8) is 0 Å². The molecule has 0 radical (unpaired) electrons. The van der Waals surface area contributed by atoms with E-state index in [0.717, 1.165) is 31.0 Å². The molecule has 0 spiro atoms. The fraction of sp³-hybridized carbons (Fsp3) is 0.471. The van der Waals surface area contributed by atoms with E-state index in [1.54, 1.807) is 12.1 Å². The number of aromatic nitrogens is 2. The number of halogens is 2. The Balaban J connectivity index is 0.00000243. The number of aliphatic hydroxyl groups excluding tert-OH is 1. The first kappa shape index (κ1) is 20.9. The number of hydrogen-bond donors (Lipinski definition) is 2. The number of likely N-dealkylation sites (tertiary alicyclic amines) is 1. The van der Waals surface area contributed by atoms with Crippen LogP contribution < -0.4 is 5.32 Å². The van der Waals surface area contributed by atoms with Crippen molar-refractivity contribution in [2.75, 3.05) is 26.2 Å². The maximum atomic E-state index is 9.68. The molecular weight excluding hydrogens is 469 g/mol. The highest BCUT2D eigenvalue weighted by atomic mass is 127. The highest BCUT2D eigenvalue weighted by Crippen LogP contribution is 2.20. The van der Waals surface area contributed by atoms with Crippen molar-refractivity contribution in [1.29, 1.82) is 0 Å². The lowest BCUT2D eigenvalue weighted by Crippen LogP contribution is -2.40. The number of hydrogen-bond acceptors (Lipinski definition) is 5. The molecule has 7 nitrogen and oxygen atoms in total. The Morgan fingerprint density at radius 3 is 3.04 bits per heavy atom. The first-order chi connectivity index (χ1) is 12.2. The smallest absolute Gasteiger partial charge is 0.228 e. The van der Waals surface area contributed by atoms with Crippen molar-refractivity contribution in [1.82, 2.24) is 20.4 Å². The molecule has 1 aliphatic rings. The van der Waals surface area contributed by atoms with E-state index in [-0.39, 0.29) is 30.1 Å². The number of β-amino-alcohol motifs (C(OH)–C–C–N with tert-alkyl or cyclic N) is 1. The molecule has 3 rings (SSSR count). The van der Waals surface area contributed by atoms with Crippen LogP contribution in [0.4, 0.5) is 0 Å². The summed E-state index contributed by atoms with van der Waals surface area (Å²) in [5.41, 5.74) is 0.824. The quantitative estimate of drug-likeness (QED) is 0.380. The van der Waals surface area contributed by atoms with Crippen LogP contribution in [-0.4, -0.2) is 58.4 Å². The van der Waals surface area contributed by atoms with Gasteiger partial charge in [-0.3, -0.25) is 4.99 Å². The van der Waals surface area contributed by atoms with Gasteiger partial charge in [-0.05, 0) is 25.5 Å². The number of nitrogens with one attached hydrogen (secondary N) is 1. The third-order valence-electron chi connectivity index (χ3n) is 3.94. The summed E-state index contributed by atoms with van der Waals surface area (Å²) in [6, 6.07) is 7.35. The molecule has 0 saturated carbocycles. The third kappa shape index (κ3) is 5.55. The highest BCUT2D eigenvalue weighted by molar-refractivity contribution is 14.0. The van der Waals surface area contributed by atoms with E-state index in [1.807, 2.05) is 19.1 Å². The molecule has 26 heavy (non-hydrogen) atoms. The van der Waals surface area contributed by atoms with Gasteiger partial charge in [-0.15, -0.1) is 24.0 Å². The van der Waals surface area contributed by atoms with Crippen LogP contribution in [0.1, 0.15) is 19.2 Å². The first-order valence-electron chi connectivity index (χ1n) is 8.45. The van der Waals surface area contributed by atoms with Crippen LogP contribution in [0.5, 0.6) is 0 Å². The van der Waals surface area contributed by atoms with E-state index in [0.29, 0.717) is 36.2 Å². The fourth-order valence-electron chi connectivity index (χ4n) is 2.72. The fourth-order valence-corrected chi connectivity index (χ4v) is 2.91. The molecular formula is C17H23ClIN5O2. The largest absolute Gasteiger partial charge is 0.391 e. The van der Waals surface area contributed by atoms with Crippen molar-refractivity contribution in [3.8, 4) is 11.4 Å². The Morgan fingerprint density at radius 2 is 2.35 bits per heavy atom. The van der Waals surface area contributed by atoms with E-state index in [2.05, 4.69) is 25.3 Å². The molecule has 2 aromatic rings. The lowest BCUT2D eigenvalue weighted by molar-refractivity contribution is 0.188. The van der Waals surface area contributed by atoms with E-state index < -0.39 is 0 Å². The van der Waals surface area contributed by atoms with E-state index in [1.165, 1.54) is 0 Å². The zero-order valence-corrected chi connectivity index (χ0v) is 17.6. The van der Waals surface area contributed by atoms with Crippen molar-refractivity contribution in [2.24, 2.45) is 4.99 Å². The summed E-state index contributed by atoms with van der Waals surface area (Å²) in [6.45, 7) is 4.77. The van der Waals surface area contributed by atoms with Crippen LogP contribution in [0.2, 0.25) is 5.02 Å². The van der Waals surface area contributed by atoms with Crippen LogP contribution in [0.15, 0.2) is 33.8 Å². The van der Waals surface area contributed by atoms with Gasteiger partial charge in [0.25, 0.3) is 0 Å². The van der Waals surface area contributed by atoms with E-state index in [4.69, 9.17) is 16.1 Å². The number of benzene rings is 1. The van der Waals surface area contributed by atoms with Crippen LogP contribution in [0.3, 0.4) is 0 Å². The van der Waals surface area contributed by atoms with Gasteiger partial charge in [-0.1, -0.05) is 28.9 Å². The molecule has 0 aliphatic carbocycles. The molecule has 1 saturated heterocycles. The first-order valence-corrected chi connectivity index (χ1v) is 8.83. The summed E-state index contributed by atoms with van der Waals surface area (Å²) in [4.78, 5) is 11.1. The van der Waals surface area contributed by atoms with Gasteiger partial charge in [0, 0.05) is 36.6 Å². The molecule has 1 aliphatic heterocycles. The van der Waals surface area contributed by atoms with Crippen molar-refractivity contribution in [2.45, 2.75) is 25.9 Å². The summed E-state index contributed by atoms with van der Waals surface area (Å²) in [5.74, 6) is 1.88. The molecule has 2 heterocycles. The highest BCUT2D eigenvalue weighted by Gasteiger charge is 2.22. The Morgan fingerprint density at radius 1 is 1.50 bits per heavy atom. The van der Waals surface area contributed by atoms with Gasteiger partial charge in [0.05, 0.1) is 12.6 Å². The summed E-state index contributed by atoms with van der Waals surface area (Å²) in [6.07, 6.45) is 1.05. The Hall–Kier alpha value is -1.39. The average Bonchev–Trinajstić information content (AvgIpc) is 3.23. The van der Waals surface area contributed by atoms with Crippen LogP contribution >= 0.6 is 35.6 Å². The molecule has 0 unspecified atom stereocenters. The van der Waals surface area contributed by atoms with E-state index in [9.17, 15) is 5.11 Å². The predicted octanol–water partition coefficient (Wildman–Crippen LogP) is 2.58. The third-order valence-corrected chi connectivity index (χ3v) is 4.17. The SMILES string of the molecule is CCNC(=NCCc1nc(-c2cccc(Cl)c2)no1)N1CC[C@@H](O)C1.I. The van der Waals surface area contributed by atoms with Crippen LogP contribution in [-0.2, 0) is 6.42 Å². The van der Waals surface area contributed by atoms with Crippen molar-refractivity contribution < 1.29 is 9.63 Å². The topological polar surface area (TPSA) is 86.8 Å². The second-order valence-corrected chi connectivity index (χ2v) is 6.33. The number of aliphatic imine (C=N–C) groups is 1.